The first-order valence-electron chi connectivity index (χ1n) is 8.94. The summed E-state index contributed by atoms with van der Waals surface area (Å²) in [6.45, 7) is 1.15. The van der Waals surface area contributed by atoms with Crippen LogP contribution in [0, 0.1) is 6.92 Å². The van der Waals surface area contributed by atoms with E-state index in [9.17, 15) is 22.0 Å². The number of amides is 1. The molecule has 3 heterocycles. The number of hydrogen-bond acceptors (Lipinski definition) is 6. The maximum atomic E-state index is 14.9. The van der Waals surface area contributed by atoms with Crippen LogP contribution in [0.15, 0.2) is 35.2 Å². The number of alkyl halides is 2. The minimum Gasteiger partial charge on any atom is -0.380 e. The van der Waals surface area contributed by atoms with Gasteiger partial charge in [-0.3, -0.25) is 9.89 Å². The molecule has 158 valence electrons. The van der Waals surface area contributed by atoms with Crippen molar-refractivity contribution in [3.8, 4) is 11.3 Å². The largest absolute Gasteiger partial charge is 0.380 e. The zero-order valence-electron chi connectivity index (χ0n) is 15.8. The predicted molar refractivity (Wildman–Crippen MR) is 105 cm³/mol. The van der Waals surface area contributed by atoms with Crippen LogP contribution in [0.1, 0.15) is 12.0 Å². The number of pyridine rings is 1. The molecule has 0 spiro atoms. The standard InChI is InChI=1S/C18H18F2N6O3S/c1-9-8-10(30(28,29)26-7-6-14(19)18(26,20)17(22)27)2-3-11(9)12-4-5-13-15(23-12)16(21)25-24-13/h2-5,8,14H,6-7H2,1H3,(H2,22,27)(H3,21,24,25). The number of H-pyrrole nitrogens is 1. The van der Waals surface area contributed by atoms with Crippen molar-refractivity contribution in [2.24, 2.45) is 5.73 Å². The third-order valence-corrected chi connectivity index (χ3v) is 7.08. The van der Waals surface area contributed by atoms with Gasteiger partial charge in [0.2, 0.25) is 10.0 Å². The summed E-state index contributed by atoms with van der Waals surface area (Å²) in [5.41, 5.74) is 13.5. The summed E-state index contributed by atoms with van der Waals surface area (Å²) in [6, 6.07) is 7.50. The second-order valence-electron chi connectivity index (χ2n) is 7.05. The Morgan fingerprint density at radius 2 is 2.07 bits per heavy atom. The number of halogens is 2. The molecule has 9 nitrogen and oxygen atoms in total. The number of aromatic nitrogens is 3. The van der Waals surface area contributed by atoms with Crippen LogP contribution in [0.2, 0.25) is 0 Å². The average Bonchev–Trinajstić information content (AvgIpc) is 3.22. The van der Waals surface area contributed by atoms with Crippen LogP contribution in [0.5, 0.6) is 0 Å². The number of aryl methyl sites for hydroxylation is 1. The molecule has 2 unspecified atom stereocenters. The fourth-order valence-electron chi connectivity index (χ4n) is 3.59. The number of nitrogens with two attached hydrogens (primary N) is 2. The van der Waals surface area contributed by atoms with Crippen molar-refractivity contribution in [3.05, 3.63) is 35.9 Å². The lowest BCUT2D eigenvalue weighted by molar-refractivity contribution is -0.139. The molecule has 1 saturated heterocycles. The number of rotatable bonds is 4. The van der Waals surface area contributed by atoms with E-state index in [-0.39, 0.29) is 15.0 Å². The molecule has 4 rings (SSSR count). The number of anilines is 1. The van der Waals surface area contributed by atoms with Crippen LogP contribution in [-0.4, -0.2) is 52.3 Å². The minimum atomic E-state index is -4.52. The fourth-order valence-corrected chi connectivity index (χ4v) is 5.31. The van der Waals surface area contributed by atoms with Gasteiger partial charge in [-0.2, -0.15) is 9.40 Å². The van der Waals surface area contributed by atoms with E-state index in [1.54, 1.807) is 19.1 Å². The van der Waals surface area contributed by atoms with E-state index in [4.69, 9.17) is 11.5 Å². The number of fused-ring (bicyclic) bond motifs is 1. The Morgan fingerprint density at radius 1 is 1.33 bits per heavy atom. The van der Waals surface area contributed by atoms with Crippen molar-refractivity contribution in [2.75, 3.05) is 12.3 Å². The van der Waals surface area contributed by atoms with Gasteiger partial charge in [-0.05, 0) is 43.2 Å². The maximum absolute atomic E-state index is 14.9. The summed E-state index contributed by atoms with van der Waals surface area (Å²) < 4.78 is 55.0. The number of benzene rings is 1. The van der Waals surface area contributed by atoms with Crippen molar-refractivity contribution in [3.63, 3.8) is 0 Å². The normalized spacial score (nSPS) is 22.6. The maximum Gasteiger partial charge on any atom is 0.286 e. The van der Waals surface area contributed by atoms with Gasteiger partial charge in [-0.25, -0.2) is 22.2 Å². The van der Waals surface area contributed by atoms with E-state index in [0.717, 1.165) is 0 Å². The van der Waals surface area contributed by atoms with Gasteiger partial charge >= 0.3 is 0 Å². The molecule has 2 atom stereocenters. The molecule has 1 amide bonds. The van der Waals surface area contributed by atoms with Gasteiger partial charge in [0, 0.05) is 12.1 Å². The van der Waals surface area contributed by atoms with Gasteiger partial charge in [0.25, 0.3) is 11.7 Å². The highest BCUT2D eigenvalue weighted by Gasteiger charge is 2.60. The Labute approximate surface area is 170 Å². The molecule has 12 heteroatoms. The lowest BCUT2D eigenvalue weighted by atomic mass is 10.1. The third-order valence-electron chi connectivity index (χ3n) is 5.21. The summed E-state index contributed by atoms with van der Waals surface area (Å²) in [4.78, 5) is 15.7. The van der Waals surface area contributed by atoms with Crippen LogP contribution in [0.25, 0.3) is 22.3 Å². The number of carbonyl (C=O) groups is 1. The van der Waals surface area contributed by atoms with Gasteiger partial charge in [0.1, 0.15) is 5.52 Å². The van der Waals surface area contributed by atoms with Crippen LogP contribution in [0.3, 0.4) is 0 Å². The van der Waals surface area contributed by atoms with Gasteiger partial charge in [-0.1, -0.05) is 6.07 Å². The molecule has 0 aliphatic carbocycles. The molecular weight excluding hydrogens is 418 g/mol. The number of primary amides is 1. The van der Waals surface area contributed by atoms with Crippen molar-refractivity contribution >= 4 is 32.8 Å². The molecule has 0 saturated carbocycles. The smallest absolute Gasteiger partial charge is 0.286 e. The zero-order chi connectivity index (χ0) is 21.8. The summed E-state index contributed by atoms with van der Waals surface area (Å²) in [7, 11) is -4.52. The van der Waals surface area contributed by atoms with E-state index in [2.05, 4.69) is 15.2 Å². The molecule has 3 aromatic rings. The van der Waals surface area contributed by atoms with Crippen molar-refractivity contribution in [1.82, 2.24) is 19.5 Å². The number of carbonyl (C=O) groups excluding carboxylic acids is 1. The van der Waals surface area contributed by atoms with Gasteiger partial charge in [0.05, 0.1) is 16.1 Å². The Kier molecular flexibility index (Phi) is 4.51. The quantitative estimate of drug-likeness (QED) is 0.527. The summed E-state index contributed by atoms with van der Waals surface area (Å²) in [5.74, 6) is -4.87. The van der Waals surface area contributed by atoms with Crippen LogP contribution >= 0.6 is 0 Å². The lowest BCUT2D eigenvalue weighted by Gasteiger charge is -2.28. The van der Waals surface area contributed by atoms with Crippen molar-refractivity contribution in [1.29, 1.82) is 0 Å². The Balaban J connectivity index is 1.75. The summed E-state index contributed by atoms with van der Waals surface area (Å²) in [5, 5.41) is 6.61. The van der Waals surface area contributed by atoms with E-state index in [1.807, 2.05) is 0 Å². The van der Waals surface area contributed by atoms with Gasteiger partial charge in [-0.15, -0.1) is 0 Å². The highest BCUT2D eigenvalue weighted by atomic mass is 32.2. The zero-order valence-corrected chi connectivity index (χ0v) is 16.6. The highest BCUT2D eigenvalue weighted by molar-refractivity contribution is 7.89. The number of sulfonamides is 1. The number of nitrogens with zero attached hydrogens (tertiary/aromatic N) is 3. The second kappa shape index (κ2) is 6.71. The molecule has 1 aliphatic rings. The molecule has 0 radical (unpaired) electrons. The van der Waals surface area contributed by atoms with Gasteiger partial charge in [0.15, 0.2) is 12.0 Å². The van der Waals surface area contributed by atoms with Crippen LogP contribution in [-0.2, 0) is 14.8 Å². The van der Waals surface area contributed by atoms with Crippen LogP contribution < -0.4 is 11.5 Å². The number of nitrogen functional groups attached to an aromatic ring is 1. The number of aromatic amines is 1. The second-order valence-corrected chi connectivity index (χ2v) is 8.91. The first-order chi connectivity index (χ1) is 14.1. The molecule has 30 heavy (non-hydrogen) atoms. The lowest BCUT2D eigenvalue weighted by Crippen LogP contribution is -2.56. The first-order valence-corrected chi connectivity index (χ1v) is 10.4. The Morgan fingerprint density at radius 3 is 2.73 bits per heavy atom. The summed E-state index contributed by atoms with van der Waals surface area (Å²) >= 11 is 0. The number of nitrogens with one attached hydrogen (secondary N) is 1. The van der Waals surface area contributed by atoms with E-state index in [1.165, 1.54) is 18.2 Å². The molecule has 1 aromatic carbocycles. The molecule has 1 aliphatic heterocycles. The fraction of sp³-hybridized carbons (Fsp3) is 0.278. The summed E-state index contributed by atoms with van der Waals surface area (Å²) in [6.07, 6.45) is -2.80. The predicted octanol–water partition coefficient (Wildman–Crippen LogP) is 1.40. The molecule has 1 fully saturated rings. The Bertz CT molecular complexity index is 1280. The van der Waals surface area contributed by atoms with Crippen molar-refractivity contribution in [2.45, 2.75) is 30.2 Å². The van der Waals surface area contributed by atoms with Crippen LogP contribution in [0.4, 0.5) is 14.6 Å². The van der Waals surface area contributed by atoms with E-state index in [0.29, 0.717) is 27.9 Å². The topological polar surface area (TPSA) is 148 Å². The van der Waals surface area contributed by atoms with E-state index >= 15 is 0 Å². The minimum absolute atomic E-state index is 0.192. The molecule has 0 bridgehead atoms. The molecule has 2 aromatic heterocycles. The van der Waals surface area contributed by atoms with Gasteiger partial charge < -0.3 is 11.5 Å². The molecule has 5 N–H and O–H groups in total. The first kappa shape index (κ1) is 20.2. The SMILES string of the molecule is Cc1cc(S(=O)(=O)N2CCC(F)C2(F)C(N)=O)ccc1-c1ccc2[nH]nc(N)c2n1. The van der Waals surface area contributed by atoms with Crippen molar-refractivity contribution < 1.29 is 22.0 Å². The molecular formula is C18H18F2N6O3S. The highest BCUT2D eigenvalue weighted by Crippen LogP contribution is 2.38. The third kappa shape index (κ3) is 2.82. The van der Waals surface area contributed by atoms with E-state index < -0.39 is 40.9 Å². The average molecular weight is 436 g/mol. The Hall–Kier alpha value is -3.12. The number of hydrogen-bond donors (Lipinski definition) is 3. The monoisotopic (exact) mass is 436 g/mol.